The van der Waals surface area contributed by atoms with Crippen molar-refractivity contribution < 1.29 is 19.8 Å². The van der Waals surface area contributed by atoms with E-state index in [-0.39, 0.29) is 30.8 Å². The average molecular weight is 270 g/mol. The molecule has 2 fully saturated rings. The highest BCUT2D eigenvalue weighted by atomic mass is 16.4. The number of rotatable bonds is 3. The minimum Gasteiger partial charge on any atom is -0.481 e. The Morgan fingerprint density at radius 2 is 1.79 bits per heavy atom. The van der Waals surface area contributed by atoms with E-state index in [1.54, 1.807) is 18.7 Å². The summed E-state index contributed by atoms with van der Waals surface area (Å²) in [5.74, 6) is -0.926. The molecular formula is C13H22N2O4. The van der Waals surface area contributed by atoms with Gasteiger partial charge in [0, 0.05) is 18.6 Å². The quantitative estimate of drug-likeness (QED) is 0.707. The highest BCUT2D eigenvalue weighted by molar-refractivity contribution is 5.78. The largest absolute Gasteiger partial charge is 0.481 e. The molecule has 0 aromatic carbocycles. The van der Waals surface area contributed by atoms with Crippen LogP contribution in [0, 0.1) is 5.41 Å². The number of fused-ring (bicyclic) bond motifs is 2. The predicted octanol–water partition coefficient (Wildman–Crippen LogP) is 0.794. The molecule has 0 aliphatic carbocycles. The van der Waals surface area contributed by atoms with E-state index in [4.69, 9.17) is 5.11 Å². The summed E-state index contributed by atoms with van der Waals surface area (Å²) in [4.78, 5) is 25.0. The molecule has 2 saturated heterocycles. The number of piperidine rings is 1. The fourth-order valence-electron chi connectivity index (χ4n) is 2.94. The van der Waals surface area contributed by atoms with Gasteiger partial charge in [0.1, 0.15) is 0 Å². The van der Waals surface area contributed by atoms with Gasteiger partial charge in [0.15, 0.2) is 0 Å². The van der Waals surface area contributed by atoms with Gasteiger partial charge in [-0.1, -0.05) is 0 Å². The number of aliphatic carboxylic acids is 1. The van der Waals surface area contributed by atoms with E-state index in [0.29, 0.717) is 12.8 Å². The Hall–Kier alpha value is -1.30. The van der Waals surface area contributed by atoms with Crippen molar-refractivity contribution in [2.75, 3.05) is 6.54 Å². The molecule has 2 amide bonds. The molecule has 2 aliphatic rings. The highest BCUT2D eigenvalue weighted by Gasteiger charge is 2.43. The van der Waals surface area contributed by atoms with Crippen LogP contribution >= 0.6 is 0 Å². The van der Waals surface area contributed by atoms with E-state index in [1.165, 1.54) is 0 Å². The van der Waals surface area contributed by atoms with Crippen LogP contribution in [0.3, 0.4) is 0 Å². The Balaban J connectivity index is 1.93. The number of amides is 2. The van der Waals surface area contributed by atoms with Crippen molar-refractivity contribution in [2.45, 2.75) is 57.7 Å². The maximum atomic E-state index is 12.2. The number of nitrogens with zero attached hydrogens (tertiary/aromatic N) is 1. The van der Waals surface area contributed by atoms with Crippen LogP contribution in [-0.2, 0) is 4.79 Å². The summed E-state index contributed by atoms with van der Waals surface area (Å²) in [5, 5.41) is 21.4. The molecule has 2 atom stereocenters. The minimum absolute atomic E-state index is 0.0988. The fourth-order valence-corrected chi connectivity index (χ4v) is 2.94. The van der Waals surface area contributed by atoms with Crippen LogP contribution in [0.4, 0.5) is 4.79 Å². The smallest absolute Gasteiger partial charge is 0.317 e. The molecule has 2 unspecified atom stereocenters. The van der Waals surface area contributed by atoms with Gasteiger partial charge in [-0.2, -0.15) is 0 Å². The molecule has 0 spiro atoms. The van der Waals surface area contributed by atoms with Gasteiger partial charge in [0.25, 0.3) is 0 Å². The molecule has 2 rings (SSSR count). The Bertz CT molecular complexity index is 369. The van der Waals surface area contributed by atoms with Crippen molar-refractivity contribution in [1.82, 2.24) is 10.2 Å². The number of carbonyl (C=O) groups excluding carboxylic acids is 1. The molecule has 0 aromatic rings. The van der Waals surface area contributed by atoms with Gasteiger partial charge < -0.3 is 20.4 Å². The van der Waals surface area contributed by atoms with E-state index in [0.717, 1.165) is 12.8 Å². The number of aliphatic hydroxyl groups is 1. The van der Waals surface area contributed by atoms with Crippen LogP contribution in [0.15, 0.2) is 0 Å². The fraction of sp³-hybridized carbons (Fsp3) is 0.846. The van der Waals surface area contributed by atoms with E-state index in [1.807, 2.05) is 0 Å². The maximum Gasteiger partial charge on any atom is 0.317 e. The van der Waals surface area contributed by atoms with E-state index in [2.05, 4.69) is 5.32 Å². The summed E-state index contributed by atoms with van der Waals surface area (Å²) in [6, 6.07) is -0.00268. The molecule has 19 heavy (non-hydrogen) atoms. The SMILES string of the molecule is CC(C)(CNC(=O)N1C2CCC1CC(O)C2)C(=O)O. The van der Waals surface area contributed by atoms with Gasteiger partial charge in [-0.05, 0) is 39.5 Å². The van der Waals surface area contributed by atoms with Gasteiger partial charge >= 0.3 is 12.0 Å². The predicted molar refractivity (Wildman–Crippen MR) is 68.7 cm³/mol. The molecule has 2 bridgehead atoms. The lowest BCUT2D eigenvalue weighted by Crippen LogP contribution is -2.53. The third kappa shape index (κ3) is 2.83. The number of carbonyl (C=O) groups is 2. The molecule has 6 nitrogen and oxygen atoms in total. The molecule has 0 radical (unpaired) electrons. The normalized spacial score (nSPS) is 30.3. The number of carboxylic acids is 1. The van der Waals surface area contributed by atoms with Crippen LogP contribution in [0.5, 0.6) is 0 Å². The Morgan fingerprint density at radius 1 is 1.26 bits per heavy atom. The van der Waals surface area contributed by atoms with E-state index in [9.17, 15) is 14.7 Å². The van der Waals surface area contributed by atoms with Crippen molar-refractivity contribution in [3.05, 3.63) is 0 Å². The Labute approximate surface area is 112 Å². The van der Waals surface area contributed by atoms with Crippen molar-refractivity contribution in [2.24, 2.45) is 5.41 Å². The third-order valence-corrected chi connectivity index (χ3v) is 4.20. The highest BCUT2D eigenvalue weighted by Crippen LogP contribution is 2.35. The third-order valence-electron chi connectivity index (χ3n) is 4.20. The summed E-state index contributed by atoms with van der Waals surface area (Å²) in [5.41, 5.74) is -0.968. The van der Waals surface area contributed by atoms with Gasteiger partial charge in [-0.25, -0.2) is 4.79 Å². The number of hydrogen-bond donors (Lipinski definition) is 3. The van der Waals surface area contributed by atoms with Crippen molar-refractivity contribution in [1.29, 1.82) is 0 Å². The first kappa shape index (κ1) is 14.1. The Morgan fingerprint density at radius 3 is 2.26 bits per heavy atom. The first-order chi connectivity index (χ1) is 8.81. The standard InChI is InChI=1S/C13H22N2O4/c1-13(2,11(17)18)7-14-12(19)15-8-3-4-9(15)6-10(16)5-8/h8-10,16H,3-7H2,1-2H3,(H,14,19)(H,17,18). The molecule has 2 aliphatic heterocycles. The minimum atomic E-state index is -0.968. The van der Waals surface area contributed by atoms with Crippen LogP contribution in [0.25, 0.3) is 0 Å². The molecular weight excluding hydrogens is 248 g/mol. The van der Waals surface area contributed by atoms with Crippen molar-refractivity contribution in [3.63, 3.8) is 0 Å². The summed E-state index contributed by atoms with van der Waals surface area (Å²) < 4.78 is 0. The second-order valence-electron chi connectivity index (χ2n) is 6.27. The summed E-state index contributed by atoms with van der Waals surface area (Å²) in [6.45, 7) is 3.29. The number of urea groups is 1. The monoisotopic (exact) mass is 270 g/mol. The lowest BCUT2D eigenvalue weighted by Gasteiger charge is -2.37. The Kier molecular flexibility index (Phi) is 3.71. The molecule has 0 saturated carbocycles. The zero-order valence-electron chi connectivity index (χ0n) is 11.4. The molecule has 6 heteroatoms. The molecule has 2 heterocycles. The summed E-state index contributed by atoms with van der Waals surface area (Å²) in [6.07, 6.45) is 2.81. The lowest BCUT2D eigenvalue weighted by atomic mass is 9.94. The first-order valence-electron chi connectivity index (χ1n) is 6.79. The average Bonchev–Trinajstić information content (AvgIpc) is 2.59. The number of carboxylic acid groups (broad SMARTS) is 1. The lowest BCUT2D eigenvalue weighted by molar-refractivity contribution is -0.146. The molecule has 0 aromatic heterocycles. The second kappa shape index (κ2) is 5.00. The van der Waals surface area contributed by atoms with Crippen LogP contribution < -0.4 is 5.32 Å². The molecule has 3 N–H and O–H groups in total. The number of hydrogen-bond acceptors (Lipinski definition) is 3. The van der Waals surface area contributed by atoms with Crippen LogP contribution in [0.2, 0.25) is 0 Å². The summed E-state index contributed by atoms with van der Waals surface area (Å²) in [7, 11) is 0. The molecule has 108 valence electrons. The van der Waals surface area contributed by atoms with Crippen LogP contribution in [-0.4, -0.2) is 51.8 Å². The van der Waals surface area contributed by atoms with Crippen molar-refractivity contribution in [3.8, 4) is 0 Å². The zero-order chi connectivity index (χ0) is 14.2. The number of aliphatic hydroxyl groups excluding tert-OH is 1. The summed E-state index contributed by atoms with van der Waals surface area (Å²) >= 11 is 0. The second-order valence-corrected chi connectivity index (χ2v) is 6.27. The van der Waals surface area contributed by atoms with Gasteiger partial charge in [0.05, 0.1) is 11.5 Å². The van der Waals surface area contributed by atoms with Gasteiger partial charge in [0.2, 0.25) is 0 Å². The topological polar surface area (TPSA) is 89.9 Å². The van der Waals surface area contributed by atoms with E-state index >= 15 is 0 Å². The number of nitrogens with one attached hydrogen (secondary N) is 1. The zero-order valence-corrected chi connectivity index (χ0v) is 11.4. The van der Waals surface area contributed by atoms with Crippen molar-refractivity contribution >= 4 is 12.0 Å². The maximum absolute atomic E-state index is 12.2. The van der Waals surface area contributed by atoms with E-state index < -0.39 is 11.4 Å². The van der Waals surface area contributed by atoms with Gasteiger partial charge in [-0.3, -0.25) is 4.79 Å². The first-order valence-corrected chi connectivity index (χ1v) is 6.79. The van der Waals surface area contributed by atoms with Crippen LogP contribution in [0.1, 0.15) is 39.5 Å². The van der Waals surface area contributed by atoms with Gasteiger partial charge in [-0.15, -0.1) is 0 Å².